The molecule has 1 heterocycles. The van der Waals surface area contributed by atoms with Crippen molar-refractivity contribution in [2.24, 2.45) is 0 Å². The monoisotopic (exact) mass is 590 g/mol. The first kappa shape index (κ1) is 32.7. The van der Waals surface area contributed by atoms with Gasteiger partial charge in [0.2, 0.25) is 0 Å². The number of carboxylic acid groups (broad SMARTS) is 1. The van der Waals surface area contributed by atoms with Gasteiger partial charge in [-0.05, 0) is 54.6 Å². The quantitative estimate of drug-likeness (QED) is 0.170. The zero-order chi connectivity index (χ0) is 30.7. The molecule has 0 aromatic heterocycles. The minimum absolute atomic E-state index is 0.0697. The molecule has 12 heteroatoms. The van der Waals surface area contributed by atoms with Crippen molar-refractivity contribution in [2.45, 2.75) is 57.1 Å². The lowest BCUT2D eigenvalue weighted by Crippen LogP contribution is -2.37. The Morgan fingerprint density at radius 1 is 1.12 bits per heavy atom. The number of rotatable bonds is 15. The zero-order valence-corrected chi connectivity index (χ0v) is 23.7. The molecular weight excluding hydrogens is 555 g/mol. The van der Waals surface area contributed by atoms with E-state index in [0.29, 0.717) is 16.9 Å². The molecule has 0 spiro atoms. The van der Waals surface area contributed by atoms with Crippen LogP contribution < -0.4 is 9.47 Å². The number of ether oxygens (including phenoxy) is 6. The first-order valence-corrected chi connectivity index (χ1v) is 13.1. The fourth-order valence-electron chi connectivity index (χ4n) is 4.33. The molecule has 42 heavy (non-hydrogen) atoms. The maximum absolute atomic E-state index is 12.9. The Kier molecular flexibility index (Phi) is 12.0. The van der Waals surface area contributed by atoms with Crippen LogP contribution in [0.5, 0.6) is 11.5 Å². The molecule has 1 aliphatic heterocycles. The highest BCUT2D eigenvalue weighted by Crippen LogP contribution is 2.35. The molecule has 0 saturated carbocycles. The summed E-state index contributed by atoms with van der Waals surface area (Å²) in [6.45, 7) is 3.24. The second-order valence-electron chi connectivity index (χ2n) is 9.67. The third kappa shape index (κ3) is 9.10. The number of aliphatic hydroxyl groups excluding tert-OH is 1. The predicted molar refractivity (Wildman–Crippen MR) is 148 cm³/mol. The van der Waals surface area contributed by atoms with E-state index in [4.69, 9.17) is 28.4 Å². The van der Waals surface area contributed by atoms with E-state index in [9.17, 15) is 24.3 Å². The molecule has 11 nitrogen and oxygen atoms in total. The second kappa shape index (κ2) is 15.4. The fourth-order valence-corrected chi connectivity index (χ4v) is 4.33. The molecule has 2 aromatic rings. The van der Waals surface area contributed by atoms with Crippen molar-refractivity contribution in [2.75, 3.05) is 21.0 Å². The number of hydrogen-bond acceptors (Lipinski definition) is 10. The summed E-state index contributed by atoms with van der Waals surface area (Å²) in [5.74, 6) is -2.44. The highest BCUT2D eigenvalue weighted by molar-refractivity contribution is 5.95. The first-order valence-electron chi connectivity index (χ1n) is 13.1. The summed E-state index contributed by atoms with van der Waals surface area (Å²) in [5.41, 5.74) is 0.536. The first-order chi connectivity index (χ1) is 20.1. The van der Waals surface area contributed by atoms with Crippen LogP contribution in [-0.4, -0.2) is 73.6 Å². The van der Waals surface area contributed by atoms with E-state index in [2.05, 4.69) is 4.94 Å². The molecule has 0 amide bonds. The molecule has 4 atom stereocenters. The topological polar surface area (TPSA) is 139 Å². The molecule has 1 aliphatic rings. The van der Waals surface area contributed by atoms with Crippen molar-refractivity contribution in [1.82, 2.24) is 0 Å². The Morgan fingerprint density at radius 3 is 2.50 bits per heavy atom. The Bertz CT molecular complexity index is 1250. The lowest BCUT2D eigenvalue weighted by Gasteiger charge is -2.24. The van der Waals surface area contributed by atoms with Gasteiger partial charge in [-0.3, -0.25) is 0 Å². The maximum Gasteiger partial charge on any atom is 0.340 e. The molecule has 2 aromatic carbocycles. The lowest BCUT2D eigenvalue weighted by molar-refractivity contribution is -0.253. The van der Waals surface area contributed by atoms with E-state index in [1.807, 2.05) is 0 Å². The minimum Gasteiger partial charge on any atom is -0.497 e. The van der Waals surface area contributed by atoms with Crippen LogP contribution in [-0.2, 0) is 23.9 Å². The third-order valence-electron chi connectivity index (χ3n) is 6.12. The highest BCUT2D eigenvalue weighted by Gasteiger charge is 2.45. The molecule has 1 saturated heterocycles. The van der Waals surface area contributed by atoms with Gasteiger partial charge in [-0.15, -0.1) is 0 Å². The van der Waals surface area contributed by atoms with Crippen molar-refractivity contribution in [3.8, 4) is 11.5 Å². The van der Waals surface area contributed by atoms with Crippen molar-refractivity contribution in [3.63, 3.8) is 0 Å². The minimum atomic E-state index is -1.69. The van der Waals surface area contributed by atoms with Gasteiger partial charge in [-0.2, -0.15) is 4.94 Å². The summed E-state index contributed by atoms with van der Waals surface area (Å²) >= 11 is 0. The number of benzene rings is 2. The number of carboxylic acids is 1. The van der Waals surface area contributed by atoms with Gasteiger partial charge in [-0.1, -0.05) is 36.4 Å². The number of carbonyl (C=O) groups is 2. The number of halogens is 1. The van der Waals surface area contributed by atoms with Gasteiger partial charge >= 0.3 is 11.9 Å². The summed E-state index contributed by atoms with van der Waals surface area (Å²) in [4.78, 5) is 28.4. The van der Waals surface area contributed by atoms with Gasteiger partial charge < -0.3 is 38.6 Å². The van der Waals surface area contributed by atoms with E-state index < -0.39 is 42.3 Å². The Labute approximate surface area is 242 Å². The molecule has 0 bridgehead atoms. The van der Waals surface area contributed by atoms with E-state index in [1.165, 1.54) is 32.4 Å². The average Bonchev–Trinajstić information content (AvgIpc) is 3.28. The summed E-state index contributed by atoms with van der Waals surface area (Å²) < 4.78 is 46.0. The van der Waals surface area contributed by atoms with E-state index in [-0.39, 0.29) is 30.9 Å². The molecule has 228 valence electrons. The highest BCUT2D eigenvalue weighted by atomic mass is 19.3. The number of esters is 1. The van der Waals surface area contributed by atoms with E-state index >= 15 is 0 Å². The number of carbonyl (C=O) groups excluding carboxylic acids is 1. The van der Waals surface area contributed by atoms with Crippen molar-refractivity contribution < 1.29 is 57.7 Å². The van der Waals surface area contributed by atoms with Gasteiger partial charge in [0.25, 0.3) is 0 Å². The predicted octanol–water partition coefficient (Wildman–Crippen LogP) is 4.69. The summed E-state index contributed by atoms with van der Waals surface area (Å²) in [7, 11) is 2.86. The molecule has 1 fully saturated rings. The van der Waals surface area contributed by atoms with Gasteiger partial charge in [0, 0.05) is 19.6 Å². The van der Waals surface area contributed by atoms with Gasteiger partial charge in [0.1, 0.15) is 29.3 Å². The molecule has 3 rings (SSSR count). The number of aromatic carboxylic acids is 1. The van der Waals surface area contributed by atoms with Crippen LogP contribution in [0, 0.1) is 0 Å². The molecule has 0 aliphatic carbocycles. The van der Waals surface area contributed by atoms with E-state index in [1.54, 1.807) is 62.4 Å². The van der Waals surface area contributed by atoms with Crippen LogP contribution in [0.2, 0.25) is 0 Å². The summed E-state index contributed by atoms with van der Waals surface area (Å²) in [5, 5.41) is 19.3. The van der Waals surface area contributed by atoms with Crippen LogP contribution in [0.1, 0.15) is 53.0 Å². The number of hydrogen-bond donors (Lipinski definition) is 2. The van der Waals surface area contributed by atoms with Crippen molar-refractivity contribution in [3.05, 3.63) is 77.4 Å². The van der Waals surface area contributed by atoms with Crippen LogP contribution in [0.25, 0.3) is 6.08 Å². The molecule has 2 N–H and O–H groups in total. The van der Waals surface area contributed by atoms with E-state index in [0.717, 1.165) is 0 Å². The van der Waals surface area contributed by atoms with Crippen molar-refractivity contribution >= 4 is 18.0 Å². The van der Waals surface area contributed by atoms with Crippen LogP contribution in [0.4, 0.5) is 4.53 Å². The van der Waals surface area contributed by atoms with Crippen LogP contribution >= 0.6 is 0 Å². The smallest absolute Gasteiger partial charge is 0.340 e. The van der Waals surface area contributed by atoms with Gasteiger partial charge in [0.05, 0.1) is 18.8 Å². The average molecular weight is 591 g/mol. The number of aliphatic hydroxyl groups is 1. The van der Waals surface area contributed by atoms with Gasteiger partial charge in [0.15, 0.2) is 18.9 Å². The molecule has 2 unspecified atom stereocenters. The zero-order valence-electron chi connectivity index (χ0n) is 23.7. The molecular formula is C30H35FO11. The fraction of sp³-hybridized carbons (Fsp3) is 0.400. The van der Waals surface area contributed by atoms with Crippen LogP contribution in [0.3, 0.4) is 0 Å². The standard InChI is InChI=1S/C30H35FO11/c1-30(2)40-23(14-8-12-20-16-21(37-4)17-24(38-18-36-3)26(20)28(33)34)27(41-30)22(13-9-15-25(32)42-31)39-29(35)19-10-6-5-7-11-19/h5-13,16-17,22-23,25,27,32H,14-15,18H2,1-4H3,(H,33,34)/b12-8+,13-9-/t22?,23-,25?,27+/m0/s1. The third-order valence-corrected chi connectivity index (χ3v) is 6.12. The Morgan fingerprint density at radius 2 is 1.86 bits per heavy atom. The molecule has 0 radical (unpaired) electrons. The summed E-state index contributed by atoms with van der Waals surface area (Å²) in [6, 6.07) is 11.3. The van der Waals surface area contributed by atoms with Gasteiger partial charge in [-0.25, -0.2) is 9.59 Å². The second-order valence-corrected chi connectivity index (χ2v) is 9.67. The summed E-state index contributed by atoms with van der Waals surface area (Å²) in [6.07, 6.45) is 2.03. The van der Waals surface area contributed by atoms with Crippen LogP contribution in [0.15, 0.2) is 60.7 Å². The normalized spacial score (nSPS) is 19.6. The lowest BCUT2D eigenvalue weighted by atomic mass is 10.0. The largest absolute Gasteiger partial charge is 0.497 e. The SMILES string of the molecule is COCOc1cc(OC)cc(/C=C/C[C@@H]2OC(C)(C)O[C@@H]2C(/C=C\CC(O)OF)OC(=O)c2ccccc2)c1C(=O)O. The Balaban J connectivity index is 1.89. The van der Waals surface area contributed by atoms with Crippen molar-refractivity contribution in [1.29, 1.82) is 0 Å². The Hall–Kier alpha value is -3.81. The maximum atomic E-state index is 12.9. The number of methoxy groups -OCH3 is 2.